The summed E-state index contributed by atoms with van der Waals surface area (Å²) in [6, 6.07) is 0. The normalized spacial score (nSPS) is 10.3. The first-order valence-corrected chi connectivity index (χ1v) is 5.91. The molecule has 12 heavy (non-hydrogen) atoms. The van der Waals surface area contributed by atoms with Crippen LogP contribution in [0, 0.1) is 6.92 Å². The molecule has 0 aromatic carbocycles. The fourth-order valence-electron chi connectivity index (χ4n) is 0.878. The van der Waals surface area contributed by atoms with Gasteiger partial charge in [0.15, 0.2) is 5.78 Å². The molecule has 0 bridgehead atoms. The van der Waals surface area contributed by atoms with Crippen LogP contribution in [0.25, 0.3) is 0 Å². The average Bonchev–Trinajstić information content (AvgIpc) is 2.32. The van der Waals surface area contributed by atoms with E-state index in [4.69, 9.17) is 0 Å². The first-order chi connectivity index (χ1) is 5.57. The molecule has 0 saturated heterocycles. The standard InChI is InChI=1S/C7H6Br3NO/c1-3-5(9)7(10)11-6(3)4(12)2-8/h11H,2H2,1H3. The number of aromatic amines is 1. The highest BCUT2D eigenvalue weighted by atomic mass is 79.9. The van der Waals surface area contributed by atoms with Crippen LogP contribution in [0.2, 0.25) is 0 Å². The summed E-state index contributed by atoms with van der Waals surface area (Å²) in [5.74, 6) is 0.0545. The van der Waals surface area contributed by atoms with Gasteiger partial charge in [-0.25, -0.2) is 0 Å². The third-order valence-corrected chi connectivity index (χ3v) is 4.16. The molecule has 1 aromatic rings. The number of aromatic nitrogens is 1. The largest absolute Gasteiger partial charge is 0.346 e. The minimum absolute atomic E-state index is 0.0545. The molecule has 0 atom stereocenters. The quantitative estimate of drug-likeness (QED) is 0.637. The first-order valence-electron chi connectivity index (χ1n) is 3.20. The molecule has 0 aliphatic carbocycles. The lowest BCUT2D eigenvalue weighted by Crippen LogP contribution is -2.01. The van der Waals surface area contributed by atoms with Crippen molar-refractivity contribution in [2.75, 3.05) is 5.33 Å². The molecule has 2 nitrogen and oxygen atoms in total. The topological polar surface area (TPSA) is 32.9 Å². The van der Waals surface area contributed by atoms with E-state index in [1.165, 1.54) is 0 Å². The number of hydrogen-bond acceptors (Lipinski definition) is 1. The van der Waals surface area contributed by atoms with Crippen LogP contribution in [0.3, 0.4) is 0 Å². The van der Waals surface area contributed by atoms with Gasteiger partial charge in [-0.2, -0.15) is 0 Å². The van der Waals surface area contributed by atoms with Crippen molar-refractivity contribution in [1.82, 2.24) is 4.98 Å². The molecule has 66 valence electrons. The monoisotopic (exact) mass is 357 g/mol. The first kappa shape index (κ1) is 10.5. The predicted octanol–water partition coefficient (Wildman–Crippen LogP) is 3.43. The van der Waals surface area contributed by atoms with Gasteiger partial charge in [-0.15, -0.1) is 0 Å². The Hall–Kier alpha value is 0.390. The van der Waals surface area contributed by atoms with Crippen LogP contribution in [0.1, 0.15) is 16.1 Å². The summed E-state index contributed by atoms with van der Waals surface area (Å²) in [4.78, 5) is 14.2. The zero-order chi connectivity index (χ0) is 9.30. The molecular formula is C7H6Br3NO. The molecule has 1 heterocycles. The Balaban J connectivity index is 3.17. The second-order valence-corrected chi connectivity index (χ2v) is 4.46. The average molecular weight is 360 g/mol. The predicted molar refractivity (Wildman–Crippen MR) is 59.1 cm³/mol. The molecule has 0 amide bonds. The van der Waals surface area contributed by atoms with E-state index >= 15 is 0 Å². The zero-order valence-corrected chi connectivity index (χ0v) is 11.0. The van der Waals surface area contributed by atoms with Gasteiger partial charge in [0.2, 0.25) is 0 Å². The molecule has 1 N–H and O–H groups in total. The van der Waals surface area contributed by atoms with Crippen LogP contribution >= 0.6 is 47.8 Å². The second-order valence-electron chi connectivity index (χ2n) is 2.31. The molecule has 0 aliphatic rings. The second kappa shape index (κ2) is 4.07. The number of H-pyrrole nitrogens is 1. The SMILES string of the molecule is Cc1c(C(=O)CBr)[nH]c(Br)c1Br. The van der Waals surface area contributed by atoms with Crippen molar-refractivity contribution >= 4 is 53.6 Å². The third-order valence-electron chi connectivity index (χ3n) is 1.53. The molecule has 0 spiro atoms. The lowest BCUT2D eigenvalue weighted by Gasteiger charge is -1.93. The van der Waals surface area contributed by atoms with E-state index in [1.54, 1.807) is 0 Å². The third kappa shape index (κ3) is 1.83. The summed E-state index contributed by atoms with van der Waals surface area (Å²) in [6.07, 6.45) is 0. The van der Waals surface area contributed by atoms with E-state index < -0.39 is 0 Å². The van der Waals surface area contributed by atoms with Gasteiger partial charge >= 0.3 is 0 Å². The van der Waals surface area contributed by atoms with Crippen molar-refractivity contribution < 1.29 is 4.79 Å². The fourth-order valence-corrected chi connectivity index (χ4v) is 1.95. The van der Waals surface area contributed by atoms with Gasteiger partial charge in [0, 0.05) is 0 Å². The molecule has 5 heteroatoms. The Labute approximate surface area is 95.5 Å². The van der Waals surface area contributed by atoms with Gasteiger partial charge in [-0.05, 0) is 44.3 Å². The number of rotatable bonds is 2. The van der Waals surface area contributed by atoms with Crippen LogP contribution < -0.4 is 0 Å². The van der Waals surface area contributed by atoms with E-state index in [0.29, 0.717) is 11.0 Å². The summed E-state index contributed by atoms with van der Waals surface area (Å²) in [5.41, 5.74) is 1.58. The highest BCUT2D eigenvalue weighted by Crippen LogP contribution is 2.28. The maximum absolute atomic E-state index is 11.3. The molecule has 0 unspecified atom stereocenters. The zero-order valence-electron chi connectivity index (χ0n) is 6.25. The minimum Gasteiger partial charge on any atom is -0.346 e. The van der Waals surface area contributed by atoms with E-state index in [1.807, 2.05) is 6.92 Å². The number of ketones is 1. The summed E-state index contributed by atoms with van der Waals surface area (Å²) in [6.45, 7) is 1.89. The molecular weight excluding hydrogens is 354 g/mol. The number of halogens is 3. The Morgan fingerprint density at radius 2 is 2.08 bits per heavy atom. The number of carbonyl (C=O) groups is 1. The van der Waals surface area contributed by atoms with Gasteiger partial charge in [0.1, 0.15) is 0 Å². The number of carbonyl (C=O) groups excluding carboxylic acids is 1. The van der Waals surface area contributed by atoms with Gasteiger partial charge in [0.25, 0.3) is 0 Å². The van der Waals surface area contributed by atoms with Crippen molar-refractivity contribution in [1.29, 1.82) is 0 Å². The van der Waals surface area contributed by atoms with Crippen LogP contribution in [0.4, 0.5) is 0 Å². The molecule has 1 rings (SSSR count). The molecule has 0 saturated carbocycles. The smallest absolute Gasteiger partial charge is 0.189 e. The highest BCUT2D eigenvalue weighted by Gasteiger charge is 2.14. The number of Topliss-reactive ketones (excluding diaryl/α,β-unsaturated/α-hetero) is 1. The van der Waals surface area contributed by atoms with Crippen LogP contribution in [-0.4, -0.2) is 16.1 Å². The maximum Gasteiger partial charge on any atom is 0.189 e. The summed E-state index contributed by atoms with van der Waals surface area (Å²) in [5, 5.41) is 0.341. The highest BCUT2D eigenvalue weighted by molar-refractivity contribution is 9.13. The van der Waals surface area contributed by atoms with E-state index in [-0.39, 0.29) is 5.78 Å². The van der Waals surface area contributed by atoms with Crippen LogP contribution in [0.5, 0.6) is 0 Å². The molecule has 0 radical (unpaired) electrons. The lowest BCUT2D eigenvalue weighted by atomic mass is 10.2. The fraction of sp³-hybridized carbons (Fsp3) is 0.286. The summed E-state index contributed by atoms with van der Waals surface area (Å²) < 4.78 is 1.72. The Morgan fingerprint density at radius 3 is 2.42 bits per heavy atom. The molecule has 1 aromatic heterocycles. The van der Waals surface area contributed by atoms with Gasteiger partial charge in [-0.3, -0.25) is 4.79 Å². The van der Waals surface area contributed by atoms with Gasteiger partial charge in [0.05, 0.1) is 20.1 Å². The maximum atomic E-state index is 11.3. The molecule has 0 fully saturated rings. The van der Waals surface area contributed by atoms with Crippen molar-refractivity contribution in [3.63, 3.8) is 0 Å². The number of alkyl halides is 1. The summed E-state index contributed by atoms with van der Waals surface area (Å²) >= 11 is 9.77. The Bertz CT molecular complexity index is 319. The van der Waals surface area contributed by atoms with E-state index in [9.17, 15) is 4.79 Å². The van der Waals surface area contributed by atoms with Crippen molar-refractivity contribution in [3.05, 3.63) is 20.3 Å². The van der Waals surface area contributed by atoms with Crippen molar-refractivity contribution in [2.45, 2.75) is 6.92 Å². The van der Waals surface area contributed by atoms with Gasteiger partial charge in [-0.1, -0.05) is 15.9 Å². The van der Waals surface area contributed by atoms with E-state index in [0.717, 1.165) is 14.6 Å². The molecule has 0 aliphatic heterocycles. The van der Waals surface area contributed by atoms with Crippen LogP contribution in [0.15, 0.2) is 9.08 Å². The van der Waals surface area contributed by atoms with Gasteiger partial charge < -0.3 is 4.98 Å². The lowest BCUT2D eigenvalue weighted by molar-refractivity contribution is 0.101. The van der Waals surface area contributed by atoms with E-state index in [2.05, 4.69) is 52.8 Å². The number of hydrogen-bond donors (Lipinski definition) is 1. The van der Waals surface area contributed by atoms with Crippen LogP contribution in [-0.2, 0) is 0 Å². The van der Waals surface area contributed by atoms with Crippen molar-refractivity contribution in [2.24, 2.45) is 0 Å². The Kier molecular flexibility index (Phi) is 3.55. The summed E-state index contributed by atoms with van der Waals surface area (Å²) in [7, 11) is 0. The Morgan fingerprint density at radius 1 is 1.50 bits per heavy atom. The minimum atomic E-state index is 0.0545. The van der Waals surface area contributed by atoms with Crippen molar-refractivity contribution in [3.8, 4) is 0 Å². The number of nitrogens with one attached hydrogen (secondary N) is 1.